The van der Waals surface area contributed by atoms with Crippen molar-refractivity contribution in [1.29, 1.82) is 0 Å². The molecule has 14 heavy (non-hydrogen) atoms. The Bertz CT molecular complexity index is 229. The lowest BCUT2D eigenvalue weighted by atomic mass is 10.1. The van der Waals surface area contributed by atoms with Crippen molar-refractivity contribution in [1.82, 2.24) is 0 Å². The summed E-state index contributed by atoms with van der Waals surface area (Å²) in [6.07, 6.45) is 2.08. The zero-order valence-corrected chi connectivity index (χ0v) is 12.1. The Labute approximate surface area is 112 Å². The van der Waals surface area contributed by atoms with Crippen LogP contribution >= 0.6 is 57.4 Å². The van der Waals surface area contributed by atoms with Crippen LogP contribution in [0.1, 0.15) is 19.8 Å². The lowest BCUT2D eigenvalue weighted by molar-refractivity contribution is 0.212. The first-order valence-corrected chi connectivity index (χ1v) is 7.02. The number of nitrogens with zero attached hydrogens (tertiary/aromatic N) is 1. The van der Waals surface area contributed by atoms with Crippen LogP contribution in [-0.2, 0) is 4.74 Å². The maximum atomic E-state index is 5.70. The highest BCUT2D eigenvalue weighted by molar-refractivity contribution is 14.1. The molecule has 2 atom stereocenters. The second kappa shape index (κ2) is 5.41. The molecule has 0 radical (unpaired) electrons. The Hall–Kier alpha value is 1.07. The van der Waals surface area contributed by atoms with Crippen LogP contribution in [0.2, 0.25) is 0 Å². The molecule has 0 saturated heterocycles. The van der Waals surface area contributed by atoms with Crippen LogP contribution in [0.3, 0.4) is 0 Å². The van der Waals surface area contributed by atoms with Gasteiger partial charge in [-0.05, 0) is 6.42 Å². The first-order valence-electron chi connectivity index (χ1n) is 4.36. The number of halogens is 4. The third-order valence-corrected chi connectivity index (χ3v) is 3.31. The third-order valence-electron chi connectivity index (χ3n) is 1.95. The van der Waals surface area contributed by atoms with Gasteiger partial charge in [0.25, 0.3) is 3.79 Å². The van der Waals surface area contributed by atoms with E-state index in [1.54, 1.807) is 0 Å². The molecule has 1 heterocycles. The summed E-state index contributed by atoms with van der Waals surface area (Å²) >= 11 is 19.4. The van der Waals surface area contributed by atoms with Gasteiger partial charge in [-0.1, -0.05) is 70.7 Å². The second-order valence-corrected chi connectivity index (χ2v) is 6.26. The summed E-state index contributed by atoms with van der Waals surface area (Å²) in [6.45, 7) is 2.10. The molecule has 1 rings (SSSR count). The second-order valence-electron chi connectivity index (χ2n) is 3.10. The van der Waals surface area contributed by atoms with Gasteiger partial charge in [0, 0.05) is 4.43 Å². The Kier molecular flexibility index (Phi) is 5.08. The van der Waals surface area contributed by atoms with Crippen LogP contribution in [0, 0.1) is 0 Å². The van der Waals surface area contributed by atoms with E-state index >= 15 is 0 Å². The predicted octanol–water partition coefficient (Wildman–Crippen LogP) is 3.76. The van der Waals surface area contributed by atoms with E-state index in [0.717, 1.165) is 17.3 Å². The first kappa shape index (κ1) is 13.1. The number of hydrogen-bond donors (Lipinski definition) is 0. The molecule has 0 aromatic rings. The minimum absolute atomic E-state index is 0.0566. The highest BCUT2D eigenvalue weighted by Crippen LogP contribution is 2.34. The Balaban J connectivity index is 2.69. The van der Waals surface area contributed by atoms with Gasteiger partial charge in [0.15, 0.2) is 0 Å². The Morgan fingerprint density at radius 2 is 2.14 bits per heavy atom. The van der Waals surface area contributed by atoms with Crippen molar-refractivity contribution in [3.8, 4) is 0 Å². The zero-order chi connectivity index (χ0) is 10.8. The van der Waals surface area contributed by atoms with E-state index in [4.69, 9.17) is 39.5 Å². The number of ether oxygens (including phenoxy) is 1. The largest absolute Gasteiger partial charge is 0.471 e. The molecule has 0 aromatic carbocycles. The van der Waals surface area contributed by atoms with Crippen molar-refractivity contribution in [3.63, 3.8) is 0 Å². The summed E-state index contributed by atoms with van der Waals surface area (Å²) < 4.78 is 4.82. The van der Waals surface area contributed by atoms with Crippen molar-refractivity contribution in [2.75, 3.05) is 4.43 Å². The van der Waals surface area contributed by atoms with E-state index in [1.807, 2.05) is 0 Å². The fourth-order valence-corrected chi connectivity index (χ4v) is 2.35. The maximum Gasteiger partial charge on any atom is 0.266 e. The van der Waals surface area contributed by atoms with E-state index in [1.165, 1.54) is 0 Å². The summed E-state index contributed by atoms with van der Waals surface area (Å²) in [7, 11) is 0. The van der Waals surface area contributed by atoms with Crippen LogP contribution in [-0.4, -0.2) is 26.3 Å². The molecule has 0 unspecified atom stereocenters. The van der Waals surface area contributed by atoms with Gasteiger partial charge in [-0.15, -0.1) is 0 Å². The molecule has 6 heteroatoms. The SMILES string of the molecule is CCC[C@@H]1N=C(C(Cl)(Cl)Cl)O[C@H]1CI. The molecular formula is C8H11Cl3INO. The van der Waals surface area contributed by atoms with E-state index in [9.17, 15) is 0 Å². The van der Waals surface area contributed by atoms with E-state index in [2.05, 4.69) is 34.5 Å². The molecular weight excluding hydrogens is 359 g/mol. The molecule has 0 N–H and O–H groups in total. The molecule has 0 fully saturated rings. The van der Waals surface area contributed by atoms with Gasteiger partial charge in [0.2, 0.25) is 5.90 Å². The topological polar surface area (TPSA) is 21.6 Å². The molecule has 0 spiro atoms. The fraction of sp³-hybridized carbons (Fsp3) is 0.875. The minimum Gasteiger partial charge on any atom is -0.471 e. The van der Waals surface area contributed by atoms with Crippen LogP contribution in [0.5, 0.6) is 0 Å². The highest BCUT2D eigenvalue weighted by Gasteiger charge is 2.39. The molecule has 0 aromatic heterocycles. The Morgan fingerprint density at radius 1 is 1.50 bits per heavy atom. The standard InChI is InChI=1S/C8H11Cl3INO/c1-2-3-5-6(4-12)14-7(13-5)8(9,10)11/h5-6H,2-4H2,1H3/t5-,6-/m0/s1. The quantitative estimate of drug-likeness (QED) is 0.548. The third kappa shape index (κ3) is 3.29. The van der Waals surface area contributed by atoms with Gasteiger partial charge >= 0.3 is 0 Å². The molecule has 2 nitrogen and oxygen atoms in total. The highest BCUT2D eigenvalue weighted by atomic mass is 127. The first-order chi connectivity index (χ1) is 6.49. The normalized spacial score (nSPS) is 27.4. The number of alkyl halides is 4. The van der Waals surface area contributed by atoms with Gasteiger partial charge in [-0.25, -0.2) is 4.99 Å². The fourth-order valence-electron chi connectivity index (χ4n) is 1.31. The van der Waals surface area contributed by atoms with Gasteiger partial charge in [-0.3, -0.25) is 0 Å². The number of aliphatic imine (C=N–C) groups is 1. The monoisotopic (exact) mass is 369 g/mol. The summed E-state index contributed by atoms with van der Waals surface area (Å²) in [5.74, 6) is 0.239. The summed E-state index contributed by atoms with van der Waals surface area (Å²) in [6, 6.07) is 0.141. The van der Waals surface area contributed by atoms with Gasteiger partial charge in [0.1, 0.15) is 6.10 Å². The average Bonchev–Trinajstić information content (AvgIpc) is 2.47. The van der Waals surface area contributed by atoms with Crippen molar-refractivity contribution < 1.29 is 4.74 Å². The van der Waals surface area contributed by atoms with Crippen LogP contribution in [0.25, 0.3) is 0 Å². The number of hydrogen-bond acceptors (Lipinski definition) is 2. The molecule has 82 valence electrons. The van der Waals surface area contributed by atoms with E-state index in [0.29, 0.717) is 0 Å². The summed E-state index contributed by atoms with van der Waals surface area (Å²) in [5.41, 5.74) is 0. The van der Waals surface area contributed by atoms with Gasteiger partial charge in [0.05, 0.1) is 6.04 Å². The lowest BCUT2D eigenvalue weighted by Crippen LogP contribution is -2.26. The average molecular weight is 370 g/mol. The molecule has 0 saturated carbocycles. The minimum atomic E-state index is -1.52. The molecule has 1 aliphatic rings. The van der Waals surface area contributed by atoms with Crippen LogP contribution in [0.4, 0.5) is 0 Å². The van der Waals surface area contributed by atoms with Crippen LogP contribution < -0.4 is 0 Å². The number of rotatable bonds is 3. The van der Waals surface area contributed by atoms with Crippen molar-refractivity contribution >= 4 is 63.3 Å². The Morgan fingerprint density at radius 3 is 2.57 bits per heavy atom. The van der Waals surface area contributed by atoms with Crippen molar-refractivity contribution in [2.24, 2.45) is 4.99 Å². The lowest BCUT2D eigenvalue weighted by Gasteiger charge is -2.15. The summed E-state index contributed by atoms with van der Waals surface area (Å²) in [5, 5.41) is 0. The molecule has 0 aliphatic carbocycles. The van der Waals surface area contributed by atoms with Crippen LogP contribution in [0.15, 0.2) is 4.99 Å². The van der Waals surface area contributed by atoms with Gasteiger partial charge in [-0.2, -0.15) is 0 Å². The maximum absolute atomic E-state index is 5.70. The van der Waals surface area contributed by atoms with E-state index < -0.39 is 3.79 Å². The summed E-state index contributed by atoms with van der Waals surface area (Å²) in [4.78, 5) is 4.30. The molecule has 0 amide bonds. The van der Waals surface area contributed by atoms with Gasteiger partial charge < -0.3 is 4.74 Å². The van der Waals surface area contributed by atoms with E-state index in [-0.39, 0.29) is 18.0 Å². The zero-order valence-electron chi connectivity index (χ0n) is 7.64. The van der Waals surface area contributed by atoms with Crippen molar-refractivity contribution in [2.45, 2.75) is 35.7 Å². The smallest absolute Gasteiger partial charge is 0.266 e. The molecule has 0 bridgehead atoms. The predicted molar refractivity (Wildman–Crippen MR) is 70.2 cm³/mol. The molecule has 1 aliphatic heterocycles. The van der Waals surface area contributed by atoms with Crippen molar-refractivity contribution in [3.05, 3.63) is 0 Å².